The van der Waals surface area contributed by atoms with Gasteiger partial charge < -0.3 is 10.1 Å². The van der Waals surface area contributed by atoms with Crippen LogP contribution in [0.15, 0.2) is 24.3 Å². The zero-order chi connectivity index (χ0) is 14.5. The minimum atomic E-state index is -0.464. The first-order valence-electron chi connectivity index (χ1n) is 5.92. The van der Waals surface area contributed by atoms with Crippen molar-refractivity contribution in [3.8, 4) is 0 Å². The van der Waals surface area contributed by atoms with E-state index in [-0.39, 0.29) is 30.3 Å². The second kappa shape index (κ2) is 6.29. The predicted molar refractivity (Wildman–Crippen MR) is 70.6 cm³/mol. The molecule has 19 heavy (non-hydrogen) atoms. The van der Waals surface area contributed by atoms with Crippen molar-refractivity contribution in [3.63, 3.8) is 0 Å². The summed E-state index contributed by atoms with van der Waals surface area (Å²) in [6.45, 7) is 5.80. The predicted octanol–water partition coefficient (Wildman–Crippen LogP) is 2.03. The fourth-order valence-electron chi connectivity index (χ4n) is 1.31. The Balaban J connectivity index is 2.46. The summed E-state index contributed by atoms with van der Waals surface area (Å²) in [5.41, 5.74) is 0.319. The van der Waals surface area contributed by atoms with E-state index in [1.54, 1.807) is 12.1 Å². The van der Waals surface area contributed by atoms with Gasteiger partial charge in [-0.2, -0.15) is 0 Å². The van der Waals surface area contributed by atoms with Crippen LogP contribution in [0.25, 0.3) is 0 Å². The molecule has 0 bridgehead atoms. The number of nitrogens with zero attached hydrogens (tertiary/aromatic N) is 1. The van der Waals surface area contributed by atoms with Gasteiger partial charge in [0.15, 0.2) is 0 Å². The average Bonchev–Trinajstić information content (AvgIpc) is 2.33. The topological polar surface area (TPSA) is 81.5 Å². The Morgan fingerprint density at radius 2 is 2.11 bits per heavy atom. The van der Waals surface area contributed by atoms with Gasteiger partial charge >= 0.3 is 0 Å². The highest BCUT2D eigenvalue weighted by Crippen LogP contribution is 2.12. The summed E-state index contributed by atoms with van der Waals surface area (Å²) in [7, 11) is 0. The fraction of sp³-hybridized carbons (Fsp3) is 0.462. The molecule has 0 saturated carbocycles. The standard InChI is InChI=1S/C13H18N2O4/c1-13(2,3)19-9-12(16)14-8-10-5-4-6-11(7-10)15(17)18/h4-7H,8-9H2,1-3H3,(H,14,16). The minimum absolute atomic E-state index is 0.0118. The highest BCUT2D eigenvalue weighted by atomic mass is 16.6. The number of amides is 1. The maximum Gasteiger partial charge on any atom is 0.269 e. The van der Waals surface area contributed by atoms with Gasteiger partial charge in [0.2, 0.25) is 5.91 Å². The minimum Gasteiger partial charge on any atom is -0.366 e. The maximum atomic E-state index is 11.5. The third kappa shape index (κ3) is 5.96. The van der Waals surface area contributed by atoms with E-state index in [2.05, 4.69) is 5.32 Å². The monoisotopic (exact) mass is 266 g/mol. The SMILES string of the molecule is CC(C)(C)OCC(=O)NCc1cccc([N+](=O)[O-])c1. The molecule has 6 heteroatoms. The van der Waals surface area contributed by atoms with Crippen molar-refractivity contribution >= 4 is 11.6 Å². The number of hydrogen-bond acceptors (Lipinski definition) is 4. The molecule has 0 radical (unpaired) electrons. The number of non-ortho nitro benzene ring substituents is 1. The number of nitro benzene ring substituents is 1. The molecule has 0 spiro atoms. The number of hydrogen-bond donors (Lipinski definition) is 1. The Morgan fingerprint density at radius 1 is 1.42 bits per heavy atom. The van der Waals surface area contributed by atoms with Gasteiger partial charge in [-0.15, -0.1) is 0 Å². The summed E-state index contributed by atoms with van der Waals surface area (Å²) < 4.78 is 5.32. The maximum absolute atomic E-state index is 11.5. The smallest absolute Gasteiger partial charge is 0.269 e. The molecule has 0 saturated heterocycles. The Hall–Kier alpha value is -1.95. The van der Waals surface area contributed by atoms with Crippen LogP contribution >= 0.6 is 0 Å². The van der Waals surface area contributed by atoms with Crippen LogP contribution in [0.1, 0.15) is 26.3 Å². The zero-order valence-electron chi connectivity index (χ0n) is 11.3. The number of carbonyl (C=O) groups excluding carboxylic acids is 1. The van der Waals surface area contributed by atoms with Crippen molar-refractivity contribution < 1.29 is 14.5 Å². The molecule has 6 nitrogen and oxygen atoms in total. The van der Waals surface area contributed by atoms with E-state index in [0.29, 0.717) is 5.56 Å². The van der Waals surface area contributed by atoms with Gasteiger partial charge in [-0.25, -0.2) is 0 Å². The molecule has 0 aromatic heterocycles. The molecule has 0 aliphatic carbocycles. The molecule has 1 aromatic rings. The molecule has 0 fully saturated rings. The van der Waals surface area contributed by atoms with Gasteiger partial charge in [0.1, 0.15) is 6.61 Å². The quantitative estimate of drug-likeness (QED) is 0.653. The Bertz CT molecular complexity index is 466. The zero-order valence-corrected chi connectivity index (χ0v) is 11.3. The van der Waals surface area contributed by atoms with Crippen molar-refractivity contribution in [2.24, 2.45) is 0 Å². The number of nitrogens with one attached hydrogen (secondary N) is 1. The van der Waals surface area contributed by atoms with Crippen LogP contribution in [0.4, 0.5) is 5.69 Å². The first-order valence-corrected chi connectivity index (χ1v) is 5.92. The highest BCUT2D eigenvalue weighted by Gasteiger charge is 2.13. The van der Waals surface area contributed by atoms with Crippen LogP contribution in [0.3, 0.4) is 0 Å². The van der Waals surface area contributed by atoms with Gasteiger partial charge in [0, 0.05) is 18.7 Å². The Morgan fingerprint density at radius 3 is 2.68 bits per heavy atom. The lowest BCUT2D eigenvalue weighted by Crippen LogP contribution is -2.31. The Kier molecular flexibility index (Phi) is 5.00. The summed E-state index contributed by atoms with van der Waals surface area (Å²) in [4.78, 5) is 21.6. The first-order chi connectivity index (χ1) is 8.78. The second-order valence-corrected chi connectivity index (χ2v) is 5.10. The van der Waals surface area contributed by atoms with Crippen molar-refractivity contribution in [2.45, 2.75) is 32.9 Å². The van der Waals surface area contributed by atoms with E-state index in [0.717, 1.165) is 0 Å². The molecular formula is C13H18N2O4. The highest BCUT2D eigenvalue weighted by molar-refractivity contribution is 5.77. The van der Waals surface area contributed by atoms with E-state index in [9.17, 15) is 14.9 Å². The summed E-state index contributed by atoms with van der Waals surface area (Å²) in [6, 6.07) is 6.15. The van der Waals surface area contributed by atoms with Crippen LogP contribution in [-0.4, -0.2) is 23.0 Å². The number of ether oxygens (including phenoxy) is 1. The van der Waals surface area contributed by atoms with Crippen LogP contribution < -0.4 is 5.32 Å². The molecule has 1 amide bonds. The van der Waals surface area contributed by atoms with Crippen molar-refractivity contribution in [3.05, 3.63) is 39.9 Å². The third-order valence-corrected chi connectivity index (χ3v) is 2.25. The number of rotatable bonds is 5. The number of benzene rings is 1. The molecule has 0 atom stereocenters. The fourth-order valence-corrected chi connectivity index (χ4v) is 1.31. The normalized spacial score (nSPS) is 11.1. The summed E-state index contributed by atoms with van der Waals surface area (Å²) in [5.74, 6) is -0.249. The van der Waals surface area contributed by atoms with Crippen molar-refractivity contribution in [1.82, 2.24) is 5.32 Å². The lowest BCUT2D eigenvalue weighted by Gasteiger charge is -2.18. The van der Waals surface area contributed by atoms with E-state index < -0.39 is 4.92 Å². The van der Waals surface area contributed by atoms with E-state index in [1.165, 1.54) is 12.1 Å². The molecule has 1 N–H and O–H groups in total. The van der Waals surface area contributed by atoms with Gasteiger partial charge in [-0.05, 0) is 26.3 Å². The molecule has 104 valence electrons. The largest absolute Gasteiger partial charge is 0.366 e. The lowest BCUT2D eigenvalue weighted by molar-refractivity contribution is -0.384. The number of nitro groups is 1. The molecule has 0 aliphatic heterocycles. The number of carbonyl (C=O) groups is 1. The van der Waals surface area contributed by atoms with Crippen molar-refractivity contribution in [2.75, 3.05) is 6.61 Å². The van der Waals surface area contributed by atoms with E-state index >= 15 is 0 Å². The molecular weight excluding hydrogens is 248 g/mol. The van der Waals surface area contributed by atoms with Crippen molar-refractivity contribution in [1.29, 1.82) is 0 Å². The van der Waals surface area contributed by atoms with Gasteiger partial charge in [0.25, 0.3) is 5.69 Å². The molecule has 0 aliphatic rings. The lowest BCUT2D eigenvalue weighted by atomic mass is 10.2. The van der Waals surface area contributed by atoms with E-state index in [1.807, 2.05) is 20.8 Å². The van der Waals surface area contributed by atoms with Crippen LogP contribution in [0.2, 0.25) is 0 Å². The molecule has 0 unspecified atom stereocenters. The van der Waals surface area contributed by atoms with Crippen LogP contribution in [0, 0.1) is 10.1 Å². The summed E-state index contributed by atoms with van der Waals surface area (Å²) in [5, 5.41) is 13.3. The van der Waals surface area contributed by atoms with E-state index in [4.69, 9.17) is 4.74 Å². The van der Waals surface area contributed by atoms with Gasteiger partial charge in [-0.3, -0.25) is 14.9 Å². The van der Waals surface area contributed by atoms with Gasteiger partial charge in [-0.1, -0.05) is 12.1 Å². The summed E-state index contributed by atoms with van der Waals surface area (Å²) in [6.07, 6.45) is 0. The third-order valence-electron chi connectivity index (χ3n) is 2.25. The Labute approximate surface area is 111 Å². The van der Waals surface area contributed by atoms with Crippen LogP contribution in [-0.2, 0) is 16.1 Å². The summed E-state index contributed by atoms with van der Waals surface area (Å²) >= 11 is 0. The second-order valence-electron chi connectivity index (χ2n) is 5.10. The van der Waals surface area contributed by atoms with Gasteiger partial charge in [0.05, 0.1) is 10.5 Å². The molecule has 1 rings (SSSR count). The van der Waals surface area contributed by atoms with Crippen LogP contribution in [0.5, 0.6) is 0 Å². The molecule has 1 aromatic carbocycles. The molecule has 0 heterocycles. The first kappa shape index (κ1) is 15.1. The average molecular weight is 266 g/mol.